The summed E-state index contributed by atoms with van der Waals surface area (Å²) in [5.74, 6) is 0.237. The highest BCUT2D eigenvalue weighted by Gasteiger charge is 2.47. The summed E-state index contributed by atoms with van der Waals surface area (Å²) in [4.78, 5) is 27.7. The third-order valence-electron chi connectivity index (χ3n) is 5.30. The van der Waals surface area contributed by atoms with Crippen molar-refractivity contribution in [3.05, 3.63) is 34.9 Å². The maximum atomic E-state index is 13.2. The van der Waals surface area contributed by atoms with Crippen LogP contribution < -0.4 is 5.32 Å². The van der Waals surface area contributed by atoms with E-state index in [0.29, 0.717) is 29.7 Å². The predicted octanol–water partition coefficient (Wildman–Crippen LogP) is 2.88. The van der Waals surface area contributed by atoms with E-state index in [1.807, 2.05) is 4.90 Å². The van der Waals surface area contributed by atoms with Crippen molar-refractivity contribution < 1.29 is 14.3 Å². The first-order valence-corrected chi connectivity index (χ1v) is 9.34. The zero-order valence-corrected chi connectivity index (χ0v) is 15.3. The zero-order valence-electron chi connectivity index (χ0n) is 14.5. The van der Waals surface area contributed by atoms with Crippen LogP contribution in [0.4, 0.5) is 0 Å². The fourth-order valence-corrected chi connectivity index (χ4v) is 4.34. The van der Waals surface area contributed by atoms with Gasteiger partial charge in [-0.25, -0.2) is 0 Å². The van der Waals surface area contributed by atoms with Crippen LogP contribution in [0.15, 0.2) is 24.3 Å². The van der Waals surface area contributed by atoms with Crippen LogP contribution in [-0.2, 0) is 9.53 Å². The number of ether oxygens (including phenoxy) is 1. The van der Waals surface area contributed by atoms with Crippen molar-refractivity contribution in [2.45, 2.75) is 44.2 Å². The second-order valence-electron chi connectivity index (χ2n) is 6.87. The number of carbonyl (C=O) groups is 2. The summed E-state index contributed by atoms with van der Waals surface area (Å²) in [6.45, 7) is 0.925. The SMILES string of the molecule is COCCNC(=O)C1CC2CCCCC2N1C(=O)c1cccc(Cl)c1. The molecule has 3 atom stereocenters. The molecule has 5 nitrogen and oxygen atoms in total. The molecule has 1 saturated heterocycles. The molecule has 3 unspecified atom stereocenters. The van der Waals surface area contributed by atoms with E-state index in [9.17, 15) is 9.59 Å². The highest BCUT2D eigenvalue weighted by Crippen LogP contribution is 2.40. The number of hydrogen-bond acceptors (Lipinski definition) is 3. The number of benzene rings is 1. The largest absolute Gasteiger partial charge is 0.383 e. The first kappa shape index (κ1) is 18.2. The molecule has 1 heterocycles. The fraction of sp³-hybridized carbons (Fsp3) is 0.579. The van der Waals surface area contributed by atoms with Crippen molar-refractivity contribution >= 4 is 23.4 Å². The summed E-state index contributed by atoms with van der Waals surface area (Å²) in [6, 6.07) is 6.72. The van der Waals surface area contributed by atoms with E-state index in [1.165, 1.54) is 6.42 Å². The monoisotopic (exact) mass is 364 g/mol. The van der Waals surface area contributed by atoms with Crippen LogP contribution in [0.2, 0.25) is 5.02 Å². The van der Waals surface area contributed by atoms with Crippen LogP contribution in [0, 0.1) is 5.92 Å². The number of likely N-dealkylation sites (tertiary alicyclic amines) is 1. The van der Waals surface area contributed by atoms with Gasteiger partial charge in [0.2, 0.25) is 5.91 Å². The lowest BCUT2D eigenvalue weighted by atomic mass is 9.84. The lowest BCUT2D eigenvalue weighted by molar-refractivity contribution is -0.125. The van der Waals surface area contributed by atoms with Gasteiger partial charge in [0.25, 0.3) is 5.91 Å². The van der Waals surface area contributed by atoms with Gasteiger partial charge in [-0.1, -0.05) is 30.5 Å². The van der Waals surface area contributed by atoms with Crippen LogP contribution in [0.3, 0.4) is 0 Å². The molecule has 0 radical (unpaired) electrons. The zero-order chi connectivity index (χ0) is 17.8. The smallest absolute Gasteiger partial charge is 0.254 e. The van der Waals surface area contributed by atoms with E-state index in [0.717, 1.165) is 25.7 Å². The molecule has 1 aliphatic carbocycles. The van der Waals surface area contributed by atoms with Crippen molar-refractivity contribution in [3.8, 4) is 0 Å². The maximum absolute atomic E-state index is 13.2. The normalized spacial score (nSPS) is 25.5. The third-order valence-corrected chi connectivity index (χ3v) is 5.54. The molecule has 1 aromatic carbocycles. The fourth-order valence-electron chi connectivity index (χ4n) is 4.15. The molecule has 25 heavy (non-hydrogen) atoms. The van der Waals surface area contributed by atoms with Gasteiger partial charge in [0.05, 0.1) is 6.61 Å². The van der Waals surface area contributed by atoms with E-state index < -0.39 is 6.04 Å². The number of hydrogen-bond donors (Lipinski definition) is 1. The Morgan fingerprint density at radius 1 is 1.32 bits per heavy atom. The van der Waals surface area contributed by atoms with Gasteiger partial charge in [0.15, 0.2) is 0 Å². The minimum absolute atomic E-state index is 0.0816. The van der Waals surface area contributed by atoms with Gasteiger partial charge in [-0.3, -0.25) is 9.59 Å². The van der Waals surface area contributed by atoms with E-state index in [1.54, 1.807) is 31.4 Å². The summed E-state index contributed by atoms with van der Waals surface area (Å²) in [5, 5.41) is 3.43. The quantitative estimate of drug-likeness (QED) is 0.817. The highest BCUT2D eigenvalue weighted by molar-refractivity contribution is 6.31. The number of carbonyl (C=O) groups excluding carboxylic acids is 2. The molecule has 0 aromatic heterocycles. The lowest BCUT2D eigenvalue weighted by Crippen LogP contribution is -2.50. The van der Waals surface area contributed by atoms with Crippen LogP contribution in [0.25, 0.3) is 0 Å². The molecule has 1 aromatic rings. The molecule has 0 bridgehead atoms. The van der Waals surface area contributed by atoms with E-state index in [4.69, 9.17) is 16.3 Å². The van der Waals surface area contributed by atoms with Gasteiger partial charge in [-0.05, 0) is 43.4 Å². The predicted molar refractivity (Wildman–Crippen MR) is 96.7 cm³/mol. The number of amides is 2. The maximum Gasteiger partial charge on any atom is 0.254 e. The van der Waals surface area contributed by atoms with Gasteiger partial charge in [0, 0.05) is 30.3 Å². The van der Waals surface area contributed by atoms with Crippen LogP contribution in [0.5, 0.6) is 0 Å². The summed E-state index contributed by atoms with van der Waals surface area (Å²) in [7, 11) is 1.60. The van der Waals surface area contributed by atoms with Crippen molar-refractivity contribution in [2.75, 3.05) is 20.3 Å². The average Bonchev–Trinajstić information content (AvgIpc) is 3.01. The summed E-state index contributed by atoms with van der Waals surface area (Å²) < 4.78 is 5.00. The Bertz CT molecular complexity index is 637. The molecule has 1 N–H and O–H groups in total. The topological polar surface area (TPSA) is 58.6 Å². The number of nitrogens with zero attached hydrogens (tertiary/aromatic N) is 1. The second kappa shape index (κ2) is 8.19. The number of nitrogens with one attached hydrogen (secondary N) is 1. The van der Waals surface area contributed by atoms with Gasteiger partial charge in [-0.2, -0.15) is 0 Å². The van der Waals surface area contributed by atoms with Crippen molar-refractivity contribution in [3.63, 3.8) is 0 Å². The number of halogens is 1. The Morgan fingerprint density at radius 2 is 2.12 bits per heavy atom. The molecule has 6 heteroatoms. The molecule has 1 aliphatic heterocycles. The standard InChI is InChI=1S/C19H25ClN2O3/c1-25-10-9-21-18(23)17-12-13-5-2-3-8-16(13)22(17)19(24)14-6-4-7-15(20)11-14/h4,6-7,11,13,16-17H,2-3,5,8-10,12H2,1H3,(H,21,23). The third kappa shape index (κ3) is 3.98. The molecule has 0 spiro atoms. The van der Waals surface area contributed by atoms with Gasteiger partial charge in [-0.15, -0.1) is 0 Å². The van der Waals surface area contributed by atoms with Crippen LogP contribution in [0.1, 0.15) is 42.5 Å². The molecule has 3 rings (SSSR count). The molecule has 2 fully saturated rings. The van der Waals surface area contributed by atoms with E-state index in [-0.39, 0.29) is 17.9 Å². The Labute approximate surface area is 153 Å². The Morgan fingerprint density at radius 3 is 2.88 bits per heavy atom. The number of methoxy groups -OCH3 is 1. The highest BCUT2D eigenvalue weighted by atomic mass is 35.5. The lowest BCUT2D eigenvalue weighted by Gasteiger charge is -2.33. The van der Waals surface area contributed by atoms with Crippen molar-refractivity contribution in [1.29, 1.82) is 0 Å². The second-order valence-corrected chi connectivity index (χ2v) is 7.31. The van der Waals surface area contributed by atoms with Gasteiger partial charge < -0.3 is 15.0 Å². The van der Waals surface area contributed by atoms with Crippen LogP contribution in [-0.4, -0.2) is 49.1 Å². The molecule has 2 aliphatic rings. The van der Waals surface area contributed by atoms with Crippen molar-refractivity contribution in [1.82, 2.24) is 10.2 Å². The molecular formula is C19H25ClN2O3. The Kier molecular flexibility index (Phi) is 5.97. The summed E-state index contributed by atoms with van der Waals surface area (Å²) in [5.41, 5.74) is 0.549. The minimum atomic E-state index is -0.406. The first-order chi connectivity index (χ1) is 12.1. The van der Waals surface area contributed by atoms with Gasteiger partial charge in [0.1, 0.15) is 6.04 Å². The molecule has 1 saturated carbocycles. The summed E-state index contributed by atoms with van der Waals surface area (Å²) in [6.07, 6.45) is 5.09. The van der Waals surface area contributed by atoms with Crippen molar-refractivity contribution in [2.24, 2.45) is 5.92 Å². The van der Waals surface area contributed by atoms with E-state index in [2.05, 4.69) is 5.32 Å². The minimum Gasteiger partial charge on any atom is -0.383 e. The molecular weight excluding hydrogens is 340 g/mol. The first-order valence-electron chi connectivity index (χ1n) is 8.96. The number of rotatable bonds is 5. The van der Waals surface area contributed by atoms with Gasteiger partial charge >= 0.3 is 0 Å². The Hall–Kier alpha value is -1.59. The molecule has 136 valence electrons. The average molecular weight is 365 g/mol. The Balaban J connectivity index is 1.82. The molecule has 2 amide bonds. The summed E-state index contributed by atoms with van der Waals surface area (Å²) >= 11 is 6.05. The number of fused-ring (bicyclic) bond motifs is 1. The van der Waals surface area contributed by atoms with E-state index >= 15 is 0 Å². The van der Waals surface area contributed by atoms with Crippen LogP contribution >= 0.6 is 11.6 Å².